The van der Waals surface area contributed by atoms with Gasteiger partial charge in [-0.3, -0.25) is 4.79 Å². The number of aromatic nitrogens is 3. The van der Waals surface area contributed by atoms with Gasteiger partial charge in [0.2, 0.25) is 0 Å². The van der Waals surface area contributed by atoms with Crippen LogP contribution in [0.25, 0.3) is 11.3 Å². The van der Waals surface area contributed by atoms with E-state index in [2.05, 4.69) is 21.7 Å². The van der Waals surface area contributed by atoms with Crippen LogP contribution in [0.1, 0.15) is 36.5 Å². The van der Waals surface area contributed by atoms with Crippen molar-refractivity contribution >= 4 is 11.7 Å². The smallest absolute Gasteiger partial charge is 0.271 e. The number of anilines is 1. The quantitative estimate of drug-likeness (QED) is 0.535. The number of rotatable bonds is 8. The molecular formula is C16H21FN6O3. The number of nitrogen functional groups attached to an aromatic ring is 1. The lowest BCUT2D eigenvalue weighted by Gasteiger charge is -2.16. The Balaban J connectivity index is 2.49. The normalized spacial score (nSPS) is 12.2. The molecule has 0 radical (unpaired) electrons. The van der Waals surface area contributed by atoms with Gasteiger partial charge in [-0.05, 0) is 18.9 Å². The van der Waals surface area contributed by atoms with Crippen molar-refractivity contribution < 1.29 is 18.5 Å². The first-order valence-electron chi connectivity index (χ1n) is 7.87. The molecule has 2 aromatic heterocycles. The van der Waals surface area contributed by atoms with E-state index in [1.165, 1.54) is 13.2 Å². The van der Waals surface area contributed by atoms with Gasteiger partial charge in [0.25, 0.3) is 11.8 Å². The highest BCUT2D eigenvalue weighted by atomic mass is 19.2. The number of nitrogens with zero attached hydrogens (tertiary/aromatic N) is 4. The Kier molecular flexibility index (Phi) is 5.88. The largest absolute Gasteiger partial charge is 0.468 e. The van der Waals surface area contributed by atoms with Crippen LogP contribution < -0.4 is 16.2 Å². The van der Waals surface area contributed by atoms with Crippen molar-refractivity contribution in [2.75, 3.05) is 12.8 Å². The number of hydrogen-bond acceptors (Lipinski definition) is 8. The number of primary amides is 1. The summed E-state index contributed by atoms with van der Waals surface area (Å²) in [4.78, 5) is 19.9. The Labute approximate surface area is 149 Å². The van der Waals surface area contributed by atoms with Crippen LogP contribution in [0, 0.1) is 0 Å². The summed E-state index contributed by atoms with van der Waals surface area (Å²) in [6.45, 7) is 7.40. The van der Waals surface area contributed by atoms with Crippen LogP contribution in [0.15, 0.2) is 22.9 Å². The number of hydrogen-bond donors (Lipinski definition) is 2. The van der Waals surface area contributed by atoms with Crippen molar-refractivity contribution in [2.24, 2.45) is 5.73 Å². The minimum Gasteiger partial charge on any atom is -0.468 e. The van der Waals surface area contributed by atoms with E-state index < -0.39 is 5.91 Å². The first-order valence-corrected chi connectivity index (χ1v) is 7.87. The maximum absolute atomic E-state index is 13.3. The highest BCUT2D eigenvalue weighted by Gasteiger charge is 2.25. The summed E-state index contributed by atoms with van der Waals surface area (Å²) >= 11 is 0. The van der Waals surface area contributed by atoms with Gasteiger partial charge < -0.3 is 20.7 Å². The molecule has 0 aromatic carbocycles. The molecule has 1 amide bonds. The SMILES string of the molecule is C=C(CC)[C@@H](C)Oc1nc(-c2c(C(N)=O)noc2CN(C)F)cnc1N. The van der Waals surface area contributed by atoms with Gasteiger partial charge in [-0.15, -0.1) is 9.60 Å². The number of amides is 1. The fourth-order valence-electron chi connectivity index (χ4n) is 2.19. The Morgan fingerprint density at radius 1 is 1.54 bits per heavy atom. The Morgan fingerprint density at radius 3 is 2.81 bits per heavy atom. The summed E-state index contributed by atoms with van der Waals surface area (Å²) in [5.74, 6) is -0.656. The van der Waals surface area contributed by atoms with Gasteiger partial charge in [-0.25, -0.2) is 9.97 Å². The second-order valence-electron chi connectivity index (χ2n) is 5.67. The summed E-state index contributed by atoms with van der Waals surface area (Å²) in [6.07, 6.45) is 1.68. The predicted molar refractivity (Wildman–Crippen MR) is 92.6 cm³/mol. The van der Waals surface area contributed by atoms with Gasteiger partial charge in [0.05, 0.1) is 24.0 Å². The Hall–Kier alpha value is -3.01. The van der Waals surface area contributed by atoms with Gasteiger partial charge in [0.15, 0.2) is 17.3 Å². The maximum atomic E-state index is 13.3. The van der Waals surface area contributed by atoms with E-state index in [0.29, 0.717) is 5.12 Å². The van der Waals surface area contributed by atoms with Crippen molar-refractivity contribution in [1.29, 1.82) is 0 Å². The summed E-state index contributed by atoms with van der Waals surface area (Å²) in [6, 6.07) is 0. The second-order valence-corrected chi connectivity index (χ2v) is 5.67. The monoisotopic (exact) mass is 364 g/mol. The van der Waals surface area contributed by atoms with Crippen molar-refractivity contribution in [3.8, 4) is 17.1 Å². The molecule has 9 nitrogen and oxygen atoms in total. The van der Waals surface area contributed by atoms with Crippen LogP contribution in [-0.2, 0) is 6.54 Å². The third-order valence-corrected chi connectivity index (χ3v) is 3.70. The van der Waals surface area contributed by atoms with Gasteiger partial charge in [-0.1, -0.05) is 18.7 Å². The molecule has 0 saturated carbocycles. The molecule has 0 unspecified atom stereocenters. The van der Waals surface area contributed by atoms with Crippen LogP contribution in [0.4, 0.5) is 10.3 Å². The molecule has 2 rings (SSSR count). The summed E-state index contributed by atoms with van der Waals surface area (Å²) in [7, 11) is 1.19. The Morgan fingerprint density at radius 2 is 2.23 bits per heavy atom. The molecule has 0 aliphatic rings. The molecule has 1 atom stereocenters. The van der Waals surface area contributed by atoms with E-state index in [4.69, 9.17) is 20.7 Å². The lowest BCUT2D eigenvalue weighted by Crippen LogP contribution is -2.17. The zero-order valence-corrected chi connectivity index (χ0v) is 14.8. The van der Waals surface area contributed by atoms with E-state index in [9.17, 15) is 9.28 Å². The molecule has 2 heterocycles. The molecule has 26 heavy (non-hydrogen) atoms. The number of carbonyl (C=O) groups excluding carboxylic acids is 1. The van der Waals surface area contributed by atoms with Crippen LogP contribution in [0.2, 0.25) is 0 Å². The van der Waals surface area contributed by atoms with E-state index in [0.717, 1.165) is 12.0 Å². The van der Waals surface area contributed by atoms with Crippen LogP contribution >= 0.6 is 0 Å². The molecule has 0 bridgehead atoms. The number of nitrogens with two attached hydrogens (primary N) is 2. The minimum atomic E-state index is -0.842. The average Bonchev–Trinajstić information content (AvgIpc) is 2.99. The van der Waals surface area contributed by atoms with Gasteiger partial charge >= 0.3 is 0 Å². The zero-order valence-electron chi connectivity index (χ0n) is 14.8. The summed E-state index contributed by atoms with van der Waals surface area (Å²) < 4.78 is 24.0. The highest BCUT2D eigenvalue weighted by Crippen LogP contribution is 2.30. The average molecular weight is 364 g/mol. The molecule has 10 heteroatoms. The third-order valence-electron chi connectivity index (χ3n) is 3.70. The lowest BCUT2D eigenvalue weighted by atomic mass is 10.1. The Bertz CT molecular complexity index is 820. The number of halogens is 1. The van der Waals surface area contributed by atoms with E-state index in [-0.39, 0.29) is 47.1 Å². The summed E-state index contributed by atoms with van der Waals surface area (Å²) in [5, 5.41) is 3.97. The topological polar surface area (TPSA) is 133 Å². The second kappa shape index (κ2) is 7.91. The van der Waals surface area contributed by atoms with Crippen LogP contribution in [-0.4, -0.2) is 39.3 Å². The molecule has 0 aliphatic heterocycles. The fraction of sp³-hybridized carbons (Fsp3) is 0.375. The molecule has 0 saturated heterocycles. The lowest BCUT2D eigenvalue weighted by molar-refractivity contribution is 0.0410. The van der Waals surface area contributed by atoms with Crippen LogP contribution in [0.3, 0.4) is 0 Å². The van der Waals surface area contributed by atoms with E-state index >= 15 is 0 Å². The third kappa shape index (κ3) is 4.14. The number of ether oxygens (including phenoxy) is 1. The van der Waals surface area contributed by atoms with Crippen molar-refractivity contribution in [1.82, 2.24) is 20.2 Å². The first-order chi connectivity index (χ1) is 12.2. The van der Waals surface area contributed by atoms with Gasteiger partial charge in [0, 0.05) is 7.05 Å². The number of carbonyl (C=O) groups is 1. The molecule has 0 spiro atoms. The van der Waals surface area contributed by atoms with Crippen LogP contribution in [0.5, 0.6) is 5.88 Å². The predicted octanol–water partition coefficient (Wildman–Crippen LogP) is 1.86. The molecule has 140 valence electrons. The minimum absolute atomic E-state index is 0.0563. The molecular weight excluding hydrogens is 343 g/mol. The molecule has 0 fully saturated rings. The van der Waals surface area contributed by atoms with Gasteiger partial charge in [-0.2, -0.15) is 0 Å². The van der Waals surface area contributed by atoms with Crippen molar-refractivity contribution in [3.05, 3.63) is 29.8 Å². The van der Waals surface area contributed by atoms with Crippen molar-refractivity contribution in [2.45, 2.75) is 32.9 Å². The van der Waals surface area contributed by atoms with E-state index in [1.54, 1.807) is 6.92 Å². The molecule has 2 aromatic rings. The zero-order chi connectivity index (χ0) is 19.4. The van der Waals surface area contributed by atoms with Crippen molar-refractivity contribution in [3.63, 3.8) is 0 Å². The first kappa shape index (κ1) is 19.3. The molecule has 0 aliphatic carbocycles. The maximum Gasteiger partial charge on any atom is 0.271 e. The highest BCUT2D eigenvalue weighted by molar-refractivity contribution is 5.97. The van der Waals surface area contributed by atoms with E-state index in [1.807, 2.05) is 6.92 Å². The fourth-order valence-corrected chi connectivity index (χ4v) is 2.19. The summed E-state index contributed by atoms with van der Waals surface area (Å²) in [5.41, 5.74) is 12.1. The van der Waals surface area contributed by atoms with Gasteiger partial charge in [0.1, 0.15) is 6.10 Å². The standard InChI is InChI=1S/C16H21FN6O3/c1-5-8(2)9(3)25-16-14(18)20-6-10(21-16)12-11(7-23(4)17)26-22-13(12)15(19)24/h6,9H,2,5,7H2,1,3-4H3,(H2,18,20)(H2,19,24)/t9-/m1/s1. The molecule has 4 N–H and O–H groups in total.